The van der Waals surface area contributed by atoms with Crippen molar-refractivity contribution in [2.45, 2.75) is 13.0 Å². The van der Waals surface area contributed by atoms with Gasteiger partial charge in [-0.3, -0.25) is 4.98 Å². The first-order valence-corrected chi connectivity index (χ1v) is 5.60. The summed E-state index contributed by atoms with van der Waals surface area (Å²) in [6.45, 7) is 2.01. The second-order valence-corrected chi connectivity index (χ2v) is 4.05. The molecule has 90 valence electrons. The molecule has 4 heteroatoms. The molecule has 2 rings (SSSR count). The van der Waals surface area contributed by atoms with Crippen molar-refractivity contribution < 1.29 is 10.2 Å². The first-order chi connectivity index (χ1) is 8.20. The van der Waals surface area contributed by atoms with Crippen molar-refractivity contribution in [1.82, 2.24) is 4.98 Å². The van der Waals surface area contributed by atoms with Gasteiger partial charge in [0.25, 0.3) is 0 Å². The molecular formula is C13H16N2O2. The number of rotatable bonds is 4. The van der Waals surface area contributed by atoms with Crippen LogP contribution in [0, 0.1) is 6.92 Å². The Bertz CT molecular complexity index is 514. The lowest BCUT2D eigenvalue weighted by Gasteiger charge is -2.12. The van der Waals surface area contributed by atoms with E-state index in [2.05, 4.69) is 10.3 Å². The van der Waals surface area contributed by atoms with Gasteiger partial charge in [-0.1, -0.05) is 18.2 Å². The van der Waals surface area contributed by atoms with E-state index in [-0.39, 0.29) is 6.61 Å². The van der Waals surface area contributed by atoms with Gasteiger partial charge >= 0.3 is 0 Å². The maximum Gasteiger partial charge on any atom is 0.0942 e. The highest BCUT2D eigenvalue weighted by Crippen LogP contribution is 2.21. The SMILES string of the molecule is Cc1ccc2cccc(NCC(O)CO)c2n1. The van der Waals surface area contributed by atoms with Crippen LogP contribution >= 0.6 is 0 Å². The minimum Gasteiger partial charge on any atom is -0.394 e. The molecule has 1 heterocycles. The Hall–Kier alpha value is -1.65. The van der Waals surface area contributed by atoms with E-state index in [1.165, 1.54) is 0 Å². The number of anilines is 1. The molecule has 0 amide bonds. The van der Waals surface area contributed by atoms with Crippen LogP contribution in [-0.2, 0) is 0 Å². The molecule has 0 spiro atoms. The number of pyridine rings is 1. The molecule has 0 aliphatic heterocycles. The van der Waals surface area contributed by atoms with Crippen LogP contribution in [-0.4, -0.2) is 34.5 Å². The molecule has 17 heavy (non-hydrogen) atoms. The predicted octanol–water partition coefficient (Wildman–Crippen LogP) is 1.31. The van der Waals surface area contributed by atoms with Crippen LogP contribution in [0.15, 0.2) is 30.3 Å². The number of aliphatic hydroxyl groups excluding tert-OH is 2. The summed E-state index contributed by atoms with van der Waals surface area (Å²) in [4.78, 5) is 4.47. The zero-order valence-corrected chi connectivity index (χ0v) is 9.72. The summed E-state index contributed by atoms with van der Waals surface area (Å²) in [7, 11) is 0. The van der Waals surface area contributed by atoms with Gasteiger partial charge in [0.15, 0.2) is 0 Å². The smallest absolute Gasteiger partial charge is 0.0942 e. The topological polar surface area (TPSA) is 65.4 Å². The number of para-hydroxylation sites is 1. The molecular weight excluding hydrogens is 216 g/mol. The predicted molar refractivity (Wildman–Crippen MR) is 68.1 cm³/mol. The monoisotopic (exact) mass is 232 g/mol. The van der Waals surface area contributed by atoms with Gasteiger partial charge in [0, 0.05) is 17.6 Å². The van der Waals surface area contributed by atoms with E-state index >= 15 is 0 Å². The average molecular weight is 232 g/mol. The largest absolute Gasteiger partial charge is 0.394 e. The number of fused-ring (bicyclic) bond motifs is 1. The van der Waals surface area contributed by atoms with E-state index in [0.717, 1.165) is 22.3 Å². The van der Waals surface area contributed by atoms with Crippen LogP contribution in [0.2, 0.25) is 0 Å². The lowest BCUT2D eigenvalue weighted by molar-refractivity contribution is 0.105. The minimum atomic E-state index is -0.755. The summed E-state index contributed by atoms with van der Waals surface area (Å²) < 4.78 is 0. The molecule has 1 aromatic heterocycles. The van der Waals surface area contributed by atoms with Gasteiger partial charge < -0.3 is 15.5 Å². The van der Waals surface area contributed by atoms with Crippen molar-refractivity contribution in [3.63, 3.8) is 0 Å². The van der Waals surface area contributed by atoms with Crippen molar-refractivity contribution in [3.8, 4) is 0 Å². The fraction of sp³-hybridized carbons (Fsp3) is 0.308. The number of aliphatic hydroxyl groups is 2. The first kappa shape index (κ1) is 11.8. The number of hydrogen-bond acceptors (Lipinski definition) is 4. The molecule has 0 radical (unpaired) electrons. The van der Waals surface area contributed by atoms with Gasteiger partial charge in [0.05, 0.1) is 23.9 Å². The van der Waals surface area contributed by atoms with E-state index in [0.29, 0.717) is 6.54 Å². The third kappa shape index (κ3) is 2.72. The van der Waals surface area contributed by atoms with Crippen LogP contribution < -0.4 is 5.32 Å². The Morgan fingerprint density at radius 3 is 2.88 bits per heavy atom. The molecule has 0 bridgehead atoms. The molecule has 0 fully saturated rings. The molecule has 3 N–H and O–H groups in total. The summed E-state index contributed by atoms with van der Waals surface area (Å²) >= 11 is 0. The summed E-state index contributed by atoms with van der Waals surface area (Å²) in [6.07, 6.45) is -0.755. The molecule has 0 saturated heterocycles. The number of nitrogens with zero attached hydrogens (tertiary/aromatic N) is 1. The Morgan fingerprint density at radius 1 is 1.29 bits per heavy atom. The number of benzene rings is 1. The Kier molecular flexibility index (Phi) is 3.56. The second kappa shape index (κ2) is 5.12. The van der Waals surface area contributed by atoms with E-state index < -0.39 is 6.10 Å². The third-order valence-electron chi connectivity index (χ3n) is 2.60. The molecule has 1 aromatic carbocycles. The van der Waals surface area contributed by atoms with Gasteiger partial charge in [-0.15, -0.1) is 0 Å². The Morgan fingerprint density at radius 2 is 2.12 bits per heavy atom. The number of aromatic nitrogens is 1. The number of nitrogens with one attached hydrogen (secondary N) is 1. The summed E-state index contributed by atoms with van der Waals surface area (Å²) in [6, 6.07) is 9.83. The Balaban J connectivity index is 2.30. The molecule has 0 aliphatic carbocycles. The lowest BCUT2D eigenvalue weighted by atomic mass is 10.1. The van der Waals surface area contributed by atoms with Crippen molar-refractivity contribution in [2.75, 3.05) is 18.5 Å². The summed E-state index contributed by atoms with van der Waals surface area (Å²) in [5.74, 6) is 0. The lowest BCUT2D eigenvalue weighted by Crippen LogP contribution is -2.23. The van der Waals surface area contributed by atoms with Crippen LogP contribution in [0.1, 0.15) is 5.69 Å². The summed E-state index contributed by atoms with van der Waals surface area (Å²) in [5, 5.41) is 22.2. The van der Waals surface area contributed by atoms with Crippen molar-refractivity contribution in [3.05, 3.63) is 36.0 Å². The Labute approximate surface area is 99.9 Å². The zero-order valence-electron chi connectivity index (χ0n) is 9.72. The molecule has 1 atom stereocenters. The first-order valence-electron chi connectivity index (χ1n) is 5.60. The van der Waals surface area contributed by atoms with Gasteiger partial charge in [0.2, 0.25) is 0 Å². The maximum absolute atomic E-state index is 9.31. The highest BCUT2D eigenvalue weighted by molar-refractivity contribution is 5.90. The zero-order chi connectivity index (χ0) is 12.3. The quantitative estimate of drug-likeness (QED) is 0.743. The molecule has 0 aliphatic rings. The summed E-state index contributed by atoms with van der Waals surface area (Å²) in [5.41, 5.74) is 2.71. The standard InChI is InChI=1S/C13H16N2O2/c1-9-5-6-10-3-2-4-12(13(10)15-9)14-7-11(17)8-16/h2-6,11,14,16-17H,7-8H2,1H3. The van der Waals surface area contributed by atoms with Crippen molar-refractivity contribution >= 4 is 16.6 Å². The fourth-order valence-corrected chi connectivity index (χ4v) is 1.68. The van der Waals surface area contributed by atoms with Gasteiger partial charge in [-0.25, -0.2) is 0 Å². The van der Waals surface area contributed by atoms with Crippen LogP contribution in [0.3, 0.4) is 0 Å². The number of hydrogen-bond donors (Lipinski definition) is 3. The highest BCUT2D eigenvalue weighted by atomic mass is 16.3. The molecule has 1 unspecified atom stereocenters. The van der Waals surface area contributed by atoms with E-state index in [9.17, 15) is 5.11 Å². The van der Waals surface area contributed by atoms with Crippen LogP contribution in [0.5, 0.6) is 0 Å². The van der Waals surface area contributed by atoms with E-state index in [1.54, 1.807) is 0 Å². The van der Waals surface area contributed by atoms with E-state index in [1.807, 2.05) is 37.3 Å². The average Bonchev–Trinajstić information content (AvgIpc) is 2.35. The number of aryl methyl sites for hydroxylation is 1. The molecule has 0 saturated carbocycles. The minimum absolute atomic E-state index is 0.246. The third-order valence-corrected chi connectivity index (χ3v) is 2.60. The van der Waals surface area contributed by atoms with Gasteiger partial charge in [0.1, 0.15) is 0 Å². The van der Waals surface area contributed by atoms with Gasteiger partial charge in [-0.05, 0) is 19.1 Å². The normalized spacial score (nSPS) is 12.6. The maximum atomic E-state index is 9.31. The van der Waals surface area contributed by atoms with Gasteiger partial charge in [-0.2, -0.15) is 0 Å². The van der Waals surface area contributed by atoms with Crippen LogP contribution in [0.25, 0.3) is 10.9 Å². The molecule has 2 aromatic rings. The van der Waals surface area contributed by atoms with Crippen molar-refractivity contribution in [2.24, 2.45) is 0 Å². The van der Waals surface area contributed by atoms with E-state index in [4.69, 9.17) is 5.11 Å². The second-order valence-electron chi connectivity index (χ2n) is 4.05. The fourth-order valence-electron chi connectivity index (χ4n) is 1.68. The highest BCUT2D eigenvalue weighted by Gasteiger charge is 2.05. The van der Waals surface area contributed by atoms with Crippen LogP contribution in [0.4, 0.5) is 5.69 Å². The van der Waals surface area contributed by atoms with Crippen molar-refractivity contribution in [1.29, 1.82) is 0 Å². The molecule has 4 nitrogen and oxygen atoms in total.